The van der Waals surface area contributed by atoms with Crippen molar-refractivity contribution in [3.8, 4) is 22.6 Å². The van der Waals surface area contributed by atoms with Gasteiger partial charge in [-0.05, 0) is 91.0 Å². The summed E-state index contributed by atoms with van der Waals surface area (Å²) in [6, 6.07) is 16.0. The van der Waals surface area contributed by atoms with Crippen molar-refractivity contribution in [2.45, 2.75) is 64.8 Å². The van der Waals surface area contributed by atoms with Crippen LogP contribution in [0.4, 0.5) is 11.5 Å². The van der Waals surface area contributed by atoms with Gasteiger partial charge in [0, 0.05) is 37.8 Å². The summed E-state index contributed by atoms with van der Waals surface area (Å²) in [6.07, 6.45) is 12.2. The van der Waals surface area contributed by atoms with E-state index in [2.05, 4.69) is 49.4 Å². The van der Waals surface area contributed by atoms with Crippen molar-refractivity contribution in [2.24, 2.45) is 17.1 Å². The maximum atomic E-state index is 11.7. The number of carbonyl (C=O) groups is 1. The van der Waals surface area contributed by atoms with Crippen LogP contribution in [0.2, 0.25) is 0 Å². The highest BCUT2D eigenvalue weighted by Gasteiger charge is 2.37. The highest BCUT2D eigenvalue weighted by Crippen LogP contribution is 2.42. The minimum atomic E-state index is -0.420. The van der Waals surface area contributed by atoms with Crippen LogP contribution in [-0.4, -0.2) is 45.1 Å². The number of benzene rings is 1. The lowest BCUT2D eigenvalue weighted by Gasteiger charge is -2.45. The van der Waals surface area contributed by atoms with E-state index in [1.165, 1.54) is 38.5 Å². The van der Waals surface area contributed by atoms with Crippen LogP contribution in [-0.2, 0) is 0 Å². The van der Waals surface area contributed by atoms with E-state index in [9.17, 15) is 4.79 Å². The molecule has 42 heavy (non-hydrogen) atoms. The van der Waals surface area contributed by atoms with E-state index in [0.717, 1.165) is 47.8 Å². The molecule has 2 aliphatic rings. The zero-order valence-electron chi connectivity index (χ0n) is 24.4. The number of nitrogens with zero attached hydrogens (tertiary/aromatic N) is 5. The molecule has 1 aromatic carbocycles. The molecule has 3 aromatic heterocycles. The Kier molecular flexibility index (Phi) is 7.91. The van der Waals surface area contributed by atoms with Crippen LogP contribution in [0.15, 0.2) is 65.4 Å². The number of hydrogen-bond donors (Lipinski definition) is 2. The summed E-state index contributed by atoms with van der Waals surface area (Å²) in [6.45, 7) is 6.30. The van der Waals surface area contributed by atoms with E-state index in [-0.39, 0.29) is 5.41 Å². The Balaban J connectivity index is 1.13. The average Bonchev–Trinajstić information content (AvgIpc) is 3.44. The Hall–Kier alpha value is -4.27. The van der Waals surface area contributed by atoms with Gasteiger partial charge in [0.15, 0.2) is 0 Å². The lowest BCUT2D eigenvalue weighted by atomic mass is 9.70. The summed E-state index contributed by atoms with van der Waals surface area (Å²) in [5.74, 6) is 2.10. The molecule has 1 aliphatic carbocycles. The van der Waals surface area contributed by atoms with E-state index in [1.807, 2.05) is 42.7 Å². The highest BCUT2D eigenvalue weighted by atomic mass is 16.5. The van der Waals surface area contributed by atoms with Gasteiger partial charge in [0.25, 0.3) is 0 Å². The predicted octanol–water partition coefficient (Wildman–Crippen LogP) is 6.27. The van der Waals surface area contributed by atoms with Gasteiger partial charge in [-0.15, -0.1) is 0 Å². The number of aromatic nitrogens is 4. The van der Waals surface area contributed by atoms with Gasteiger partial charge in [0.1, 0.15) is 11.5 Å². The van der Waals surface area contributed by atoms with Gasteiger partial charge in [-0.1, -0.05) is 37.1 Å². The average molecular weight is 566 g/mol. The largest absolute Gasteiger partial charge is 0.370 e. The van der Waals surface area contributed by atoms with E-state index in [1.54, 1.807) is 13.0 Å². The van der Waals surface area contributed by atoms with Crippen molar-refractivity contribution < 1.29 is 9.32 Å². The predicted molar refractivity (Wildman–Crippen MR) is 164 cm³/mol. The normalized spacial score (nSPS) is 22.6. The number of primary amides is 1. The molecule has 218 valence electrons. The molecular weight excluding hydrogens is 526 g/mol. The first-order valence-electron chi connectivity index (χ1n) is 15.0. The number of piperidine rings is 1. The molecule has 1 amide bonds. The number of aryl methyl sites for hydroxylation is 1. The van der Waals surface area contributed by atoms with Crippen LogP contribution >= 0.6 is 0 Å². The van der Waals surface area contributed by atoms with Gasteiger partial charge < -0.3 is 20.5 Å². The van der Waals surface area contributed by atoms with Gasteiger partial charge >= 0.3 is 0 Å². The second-order valence-electron chi connectivity index (χ2n) is 12.2. The van der Waals surface area contributed by atoms with E-state index in [4.69, 9.17) is 10.3 Å². The molecule has 3 N–H and O–H groups in total. The minimum absolute atomic E-state index is 0.216. The molecule has 6 rings (SSSR count). The second kappa shape index (κ2) is 11.9. The molecule has 0 spiro atoms. The maximum absolute atomic E-state index is 11.7. The first-order valence-corrected chi connectivity index (χ1v) is 15.0. The molecule has 0 bridgehead atoms. The molecular formula is C33H39N7O2. The number of carbonyl (C=O) groups excluding carboxylic acids is 1. The number of pyridine rings is 2. The standard InChI is InChI=1S/C33H39N7O2/c1-22-37-32(39-42-22)29-12-11-27(20-36-29)40-16-6-14-33(2,21-40)19-26-7-3-4-10-28(26)38-30-18-24(13-15-35-30)23-8-5-9-25(17-23)31(34)41/h5,8-9,11-13,15,17-18,20,26,28H,3-4,6-7,10,14,16,19,21H2,1-2H3,(H2,34,41)(H,35,38)/t26-,28+,33+/m0/s1. The van der Waals surface area contributed by atoms with Crippen molar-refractivity contribution in [1.29, 1.82) is 0 Å². The smallest absolute Gasteiger partial charge is 0.248 e. The highest BCUT2D eigenvalue weighted by molar-refractivity contribution is 5.94. The summed E-state index contributed by atoms with van der Waals surface area (Å²) >= 11 is 0. The lowest BCUT2D eigenvalue weighted by Crippen LogP contribution is -2.45. The Labute approximate surface area is 247 Å². The number of nitrogens with two attached hydrogens (primary N) is 1. The lowest BCUT2D eigenvalue weighted by molar-refractivity contribution is 0.100. The van der Waals surface area contributed by atoms with Gasteiger partial charge in [-0.3, -0.25) is 9.78 Å². The van der Waals surface area contributed by atoms with E-state index in [0.29, 0.717) is 29.2 Å². The zero-order chi connectivity index (χ0) is 29.1. The Morgan fingerprint density at radius 2 is 1.95 bits per heavy atom. The summed E-state index contributed by atoms with van der Waals surface area (Å²) < 4.78 is 5.11. The molecule has 4 heterocycles. The molecule has 1 saturated carbocycles. The van der Waals surface area contributed by atoms with Crippen molar-refractivity contribution >= 4 is 17.4 Å². The second-order valence-corrected chi connectivity index (χ2v) is 12.2. The van der Waals surface area contributed by atoms with E-state index >= 15 is 0 Å². The SMILES string of the molecule is Cc1nc(-c2ccc(N3CCC[C@](C)(C[C@@H]4CCCC[C@H]4Nc4cc(-c5cccc(C(N)=O)c5)ccn4)C3)cn2)no1. The number of anilines is 2. The van der Waals surface area contributed by atoms with E-state index < -0.39 is 5.91 Å². The first kappa shape index (κ1) is 27.9. The first-order chi connectivity index (χ1) is 20.3. The number of amides is 1. The van der Waals surface area contributed by atoms with Crippen LogP contribution in [0.5, 0.6) is 0 Å². The van der Waals surface area contributed by atoms with Gasteiger partial charge in [-0.2, -0.15) is 4.98 Å². The fraction of sp³-hybridized carbons (Fsp3) is 0.424. The Morgan fingerprint density at radius 3 is 2.74 bits per heavy atom. The Morgan fingerprint density at radius 1 is 1.10 bits per heavy atom. The number of nitrogens with one attached hydrogen (secondary N) is 1. The van der Waals surface area contributed by atoms with Crippen molar-refractivity contribution in [1.82, 2.24) is 20.1 Å². The fourth-order valence-electron chi connectivity index (χ4n) is 6.82. The zero-order valence-corrected chi connectivity index (χ0v) is 24.4. The third-order valence-electron chi connectivity index (χ3n) is 8.89. The Bertz CT molecular complexity index is 1540. The molecule has 4 aromatic rings. The quantitative estimate of drug-likeness (QED) is 0.256. The van der Waals surface area contributed by atoms with Crippen LogP contribution < -0.4 is 16.0 Å². The monoisotopic (exact) mass is 565 g/mol. The topological polar surface area (TPSA) is 123 Å². The molecule has 2 fully saturated rings. The molecule has 9 heteroatoms. The van der Waals surface area contributed by atoms with Gasteiger partial charge in [0.05, 0.1) is 11.9 Å². The third-order valence-corrected chi connectivity index (χ3v) is 8.89. The molecule has 0 unspecified atom stereocenters. The van der Waals surface area contributed by atoms with Crippen molar-refractivity contribution in [3.63, 3.8) is 0 Å². The van der Waals surface area contributed by atoms with Crippen LogP contribution in [0, 0.1) is 18.3 Å². The molecule has 0 radical (unpaired) electrons. The van der Waals surface area contributed by atoms with Gasteiger partial charge in [0.2, 0.25) is 17.6 Å². The van der Waals surface area contributed by atoms with Gasteiger partial charge in [-0.25, -0.2) is 4.98 Å². The summed E-state index contributed by atoms with van der Waals surface area (Å²) in [5.41, 5.74) is 10.1. The summed E-state index contributed by atoms with van der Waals surface area (Å²) in [5, 5.41) is 7.80. The molecule has 3 atom stereocenters. The maximum Gasteiger partial charge on any atom is 0.248 e. The third kappa shape index (κ3) is 6.30. The van der Waals surface area contributed by atoms with Crippen LogP contribution in [0.3, 0.4) is 0 Å². The molecule has 9 nitrogen and oxygen atoms in total. The van der Waals surface area contributed by atoms with Crippen molar-refractivity contribution in [3.05, 3.63) is 72.4 Å². The summed E-state index contributed by atoms with van der Waals surface area (Å²) in [7, 11) is 0. The minimum Gasteiger partial charge on any atom is -0.370 e. The van der Waals surface area contributed by atoms with Crippen LogP contribution in [0.25, 0.3) is 22.6 Å². The molecule has 1 aliphatic heterocycles. The van der Waals surface area contributed by atoms with Crippen molar-refractivity contribution in [2.75, 3.05) is 23.3 Å². The fourth-order valence-corrected chi connectivity index (χ4v) is 6.82. The summed E-state index contributed by atoms with van der Waals surface area (Å²) in [4.78, 5) is 27.8. The molecule has 1 saturated heterocycles. The van der Waals surface area contributed by atoms with Crippen LogP contribution in [0.1, 0.15) is 68.1 Å². The number of hydrogen-bond acceptors (Lipinski definition) is 8. The number of rotatable bonds is 8.